The maximum Gasteiger partial charge on any atom is 0.230 e. The second-order valence-electron chi connectivity index (χ2n) is 6.83. The fourth-order valence-electron chi connectivity index (χ4n) is 4.16. The van der Waals surface area contributed by atoms with Gasteiger partial charge in [-0.2, -0.15) is 0 Å². The largest absolute Gasteiger partial charge is 0.378 e. The Bertz CT molecular complexity index is 573. The van der Waals surface area contributed by atoms with E-state index in [1.165, 1.54) is 18.6 Å². The van der Waals surface area contributed by atoms with Crippen LogP contribution in [0.1, 0.15) is 26.2 Å². The quantitative estimate of drug-likeness (QED) is 0.854. The summed E-state index contributed by atoms with van der Waals surface area (Å²) < 4.78 is 18.8. The van der Waals surface area contributed by atoms with E-state index in [1.807, 2.05) is 11.8 Å². The highest BCUT2D eigenvalue weighted by Crippen LogP contribution is 2.57. The molecule has 1 saturated heterocycles. The van der Waals surface area contributed by atoms with Crippen molar-refractivity contribution in [1.29, 1.82) is 0 Å². The van der Waals surface area contributed by atoms with Gasteiger partial charge >= 0.3 is 0 Å². The molecule has 0 spiro atoms. The van der Waals surface area contributed by atoms with E-state index < -0.39 is 0 Å². The average molecular weight is 303 g/mol. The number of benzene rings is 1. The molecule has 1 heterocycles. The molecule has 0 aromatic heterocycles. The maximum atomic E-state index is 13.1. The molecule has 5 unspecified atom stereocenters. The molecule has 3 nitrogen and oxygen atoms in total. The van der Waals surface area contributed by atoms with E-state index in [9.17, 15) is 9.18 Å². The molecule has 4 rings (SSSR count). The Balaban J connectivity index is 1.56. The Labute approximate surface area is 130 Å². The Morgan fingerprint density at radius 1 is 1.23 bits per heavy atom. The van der Waals surface area contributed by atoms with E-state index in [1.54, 1.807) is 12.1 Å². The van der Waals surface area contributed by atoms with Crippen LogP contribution in [-0.4, -0.2) is 25.2 Å². The molecule has 1 aromatic rings. The summed E-state index contributed by atoms with van der Waals surface area (Å²) in [5, 5.41) is 0. The van der Waals surface area contributed by atoms with Gasteiger partial charge in [0.05, 0.1) is 6.10 Å². The minimum Gasteiger partial charge on any atom is -0.378 e. The zero-order valence-electron chi connectivity index (χ0n) is 12.9. The normalized spacial score (nSPS) is 36.7. The predicted octanol–water partition coefficient (Wildman–Crippen LogP) is 3.24. The van der Waals surface area contributed by atoms with E-state index in [4.69, 9.17) is 4.74 Å². The average Bonchev–Trinajstić information content (AvgIpc) is 3.39. The second-order valence-corrected chi connectivity index (χ2v) is 6.83. The first-order valence-corrected chi connectivity index (χ1v) is 8.37. The lowest BCUT2D eigenvalue weighted by atomic mass is 9.95. The second kappa shape index (κ2) is 5.34. The van der Waals surface area contributed by atoms with Crippen molar-refractivity contribution < 1.29 is 13.9 Å². The van der Waals surface area contributed by atoms with E-state index in [-0.39, 0.29) is 23.7 Å². The van der Waals surface area contributed by atoms with Crippen molar-refractivity contribution in [3.05, 3.63) is 30.1 Å². The van der Waals surface area contributed by atoms with Crippen molar-refractivity contribution in [3.63, 3.8) is 0 Å². The Kier molecular flexibility index (Phi) is 3.44. The predicted molar refractivity (Wildman–Crippen MR) is 82.0 cm³/mol. The number of ether oxygens (including phenoxy) is 1. The number of halogens is 1. The number of carbonyl (C=O) groups excluding carboxylic acids is 1. The number of carbonyl (C=O) groups is 1. The van der Waals surface area contributed by atoms with Gasteiger partial charge in [-0.05, 0) is 68.2 Å². The third-order valence-corrected chi connectivity index (χ3v) is 5.47. The Morgan fingerprint density at radius 2 is 2.00 bits per heavy atom. The van der Waals surface area contributed by atoms with Crippen LogP contribution in [0.4, 0.5) is 10.1 Å². The molecule has 1 aliphatic heterocycles. The Hall–Kier alpha value is -1.42. The monoisotopic (exact) mass is 303 g/mol. The number of hydrogen-bond donors (Lipinski definition) is 0. The van der Waals surface area contributed by atoms with Gasteiger partial charge in [-0.3, -0.25) is 4.79 Å². The minimum absolute atomic E-state index is 0.106. The van der Waals surface area contributed by atoms with Crippen LogP contribution in [0.15, 0.2) is 24.3 Å². The highest BCUT2D eigenvalue weighted by Gasteiger charge is 2.58. The minimum atomic E-state index is -0.260. The first-order chi connectivity index (χ1) is 10.7. The molecule has 4 heteroatoms. The van der Waals surface area contributed by atoms with Crippen LogP contribution in [0.25, 0.3) is 0 Å². The van der Waals surface area contributed by atoms with Crippen LogP contribution in [-0.2, 0) is 9.53 Å². The lowest BCUT2D eigenvalue weighted by Gasteiger charge is -2.26. The van der Waals surface area contributed by atoms with Gasteiger partial charge in [0, 0.05) is 24.8 Å². The highest BCUT2D eigenvalue weighted by molar-refractivity contribution is 5.96. The van der Waals surface area contributed by atoms with Crippen molar-refractivity contribution in [2.45, 2.75) is 32.3 Å². The van der Waals surface area contributed by atoms with Crippen molar-refractivity contribution in [2.75, 3.05) is 18.1 Å². The van der Waals surface area contributed by atoms with Gasteiger partial charge < -0.3 is 9.64 Å². The molecule has 3 aliphatic rings. The van der Waals surface area contributed by atoms with Crippen molar-refractivity contribution in [1.82, 2.24) is 0 Å². The first-order valence-electron chi connectivity index (χ1n) is 8.37. The third-order valence-electron chi connectivity index (χ3n) is 5.47. The fraction of sp³-hybridized carbons (Fsp3) is 0.611. The van der Waals surface area contributed by atoms with Crippen LogP contribution in [0.2, 0.25) is 0 Å². The number of rotatable bonds is 4. The zero-order valence-corrected chi connectivity index (χ0v) is 12.9. The highest BCUT2D eigenvalue weighted by atomic mass is 19.1. The fourth-order valence-corrected chi connectivity index (χ4v) is 4.16. The molecule has 5 atom stereocenters. The zero-order chi connectivity index (χ0) is 15.3. The van der Waals surface area contributed by atoms with Gasteiger partial charge in [0.1, 0.15) is 5.82 Å². The summed E-state index contributed by atoms with van der Waals surface area (Å²) in [7, 11) is 0. The van der Waals surface area contributed by atoms with E-state index in [0.717, 1.165) is 31.7 Å². The van der Waals surface area contributed by atoms with Gasteiger partial charge in [-0.25, -0.2) is 4.39 Å². The molecule has 0 N–H and O–H groups in total. The van der Waals surface area contributed by atoms with Crippen LogP contribution in [0.5, 0.6) is 0 Å². The van der Waals surface area contributed by atoms with Gasteiger partial charge in [-0.15, -0.1) is 0 Å². The summed E-state index contributed by atoms with van der Waals surface area (Å²) in [6.45, 7) is 3.49. The molecule has 0 radical (unpaired) electrons. The number of anilines is 1. The van der Waals surface area contributed by atoms with Gasteiger partial charge in [0.2, 0.25) is 5.91 Å². The van der Waals surface area contributed by atoms with E-state index in [0.29, 0.717) is 17.8 Å². The number of nitrogens with zero attached hydrogens (tertiary/aromatic N) is 1. The molecular formula is C18H22FNO2. The van der Waals surface area contributed by atoms with Crippen molar-refractivity contribution in [3.8, 4) is 0 Å². The summed E-state index contributed by atoms with van der Waals surface area (Å²) in [4.78, 5) is 14.9. The summed E-state index contributed by atoms with van der Waals surface area (Å²) in [5.74, 6) is 1.71. The molecule has 1 amide bonds. The molecule has 1 aromatic carbocycles. The van der Waals surface area contributed by atoms with E-state index in [2.05, 4.69) is 0 Å². The summed E-state index contributed by atoms with van der Waals surface area (Å²) in [6, 6.07) is 6.30. The van der Waals surface area contributed by atoms with Crippen molar-refractivity contribution in [2.24, 2.45) is 23.7 Å². The Morgan fingerprint density at radius 3 is 2.73 bits per heavy atom. The van der Waals surface area contributed by atoms with Crippen LogP contribution < -0.4 is 4.90 Å². The lowest BCUT2D eigenvalue weighted by molar-refractivity contribution is -0.123. The van der Waals surface area contributed by atoms with Crippen LogP contribution in [0.3, 0.4) is 0 Å². The summed E-state index contributed by atoms with van der Waals surface area (Å²) in [6.07, 6.45) is 3.55. The van der Waals surface area contributed by atoms with E-state index >= 15 is 0 Å². The van der Waals surface area contributed by atoms with Gasteiger partial charge in [0.15, 0.2) is 0 Å². The summed E-state index contributed by atoms with van der Waals surface area (Å²) in [5.41, 5.74) is 0.825. The number of fused-ring (bicyclic) bond motifs is 1. The third kappa shape index (κ3) is 2.43. The SMILES string of the molecule is CCOC1CC1C1C(=O)N(c2ccc(F)cc2)CCC2CC21. The topological polar surface area (TPSA) is 29.5 Å². The summed E-state index contributed by atoms with van der Waals surface area (Å²) >= 11 is 0. The molecule has 22 heavy (non-hydrogen) atoms. The van der Waals surface area contributed by atoms with Crippen molar-refractivity contribution >= 4 is 11.6 Å². The first kappa shape index (κ1) is 14.2. The van der Waals surface area contributed by atoms with Crippen LogP contribution >= 0.6 is 0 Å². The van der Waals surface area contributed by atoms with Gasteiger partial charge in [0.25, 0.3) is 0 Å². The van der Waals surface area contributed by atoms with Gasteiger partial charge in [-0.1, -0.05) is 0 Å². The number of hydrogen-bond acceptors (Lipinski definition) is 2. The molecule has 118 valence electrons. The molecule has 3 fully saturated rings. The standard InChI is InChI=1S/C18H22FNO2/c1-2-22-16-10-15(16)17-14-9-11(14)7-8-20(18(17)21)13-5-3-12(19)4-6-13/h3-6,11,14-17H,2,7-10H2,1H3. The smallest absolute Gasteiger partial charge is 0.230 e. The maximum absolute atomic E-state index is 13.1. The molecule has 2 aliphatic carbocycles. The molecular weight excluding hydrogens is 281 g/mol. The van der Waals surface area contributed by atoms with Crippen LogP contribution in [0, 0.1) is 29.5 Å². The molecule has 2 saturated carbocycles. The molecule has 0 bridgehead atoms. The number of amides is 1. The lowest BCUT2D eigenvalue weighted by Crippen LogP contribution is -2.38.